The topological polar surface area (TPSA) is 69.2 Å². The second kappa shape index (κ2) is 5.35. The van der Waals surface area contributed by atoms with Crippen molar-refractivity contribution >= 4 is 11.7 Å². The molecule has 1 saturated heterocycles. The molecule has 1 aromatic rings. The summed E-state index contributed by atoms with van der Waals surface area (Å²) in [7, 11) is 2.15. The molecule has 98 valence electrons. The Kier molecular flexibility index (Phi) is 3.81. The molecule has 0 radical (unpaired) electrons. The van der Waals surface area contributed by atoms with Crippen LogP contribution < -0.4 is 10.6 Å². The van der Waals surface area contributed by atoms with Gasteiger partial charge in [0.05, 0.1) is 0 Å². The first-order valence-electron chi connectivity index (χ1n) is 6.34. The predicted octanol–water partition coefficient (Wildman–Crippen LogP) is 0.896. The van der Waals surface area contributed by atoms with Gasteiger partial charge in [0.2, 0.25) is 0 Å². The van der Waals surface area contributed by atoms with Crippen molar-refractivity contribution < 1.29 is 0 Å². The zero-order valence-electron chi connectivity index (χ0n) is 11.1. The van der Waals surface area contributed by atoms with E-state index < -0.39 is 0 Å². The minimum Gasteiger partial charge on any atom is -0.382 e. The van der Waals surface area contributed by atoms with Crippen molar-refractivity contribution in [2.75, 3.05) is 31.6 Å². The normalized spacial score (nSPS) is 21.7. The number of pyridine rings is 1. The van der Waals surface area contributed by atoms with Crippen molar-refractivity contribution in [3.8, 4) is 0 Å². The SMILES string of the molecule is CC1CN(C)CCCN1c1cccc(C(=N)N)n1. The molecule has 1 unspecified atom stereocenters. The summed E-state index contributed by atoms with van der Waals surface area (Å²) < 4.78 is 0. The number of hydrogen-bond acceptors (Lipinski definition) is 4. The highest BCUT2D eigenvalue weighted by atomic mass is 15.3. The van der Waals surface area contributed by atoms with Crippen LogP contribution in [-0.4, -0.2) is 48.4 Å². The Balaban J connectivity index is 2.24. The van der Waals surface area contributed by atoms with Crippen LogP contribution in [0.3, 0.4) is 0 Å². The minimum absolute atomic E-state index is 0.0245. The Labute approximate surface area is 108 Å². The van der Waals surface area contributed by atoms with Crippen molar-refractivity contribution in [2.45, 2.75) is 19.4 Å². The summed E-state index contributed by atoms with van der Waals surface area (Å²) in [4.78, 5) is 9.12. The van der Waals surface area contributed by atoms with E-state index >= 15 is 0 Å². The standard InChI is InChI=1S/C13H21N5/c1-10-9-17(2)7-4-8-18(10)12-6-3-5-11(16-12)13(14)15/h3,5-6,10H,4,7-9H2,1-2H3,(H3,14,15). The lowest BCUT2D eigenvalue weighted by Crippen LogP contribution is -2.38. The van der Waals surface area contributed by atoms with E-state index in [2.05, 4.69) is 28.8 Å². The summed E-state index contributed by atoms with van der Waals surface area (Å²) in [6.45, 7) is 5.36. The lowest BCUT2D eigenvalue weighted by molar-refractivity contribution is 0.337. The molecule has 0 spiro atoms. The fourth-order valence-corrected chi connectivity index (χ4v) is 2.45. The van der Waals surface area contributed by atoms with Gasteiger partial charge in [-0.2, -0.15) is 0 Å². The Bertz CT molecular complexity index is 431. The molecule has 1 aromatic heterocycles. The van der Waals surface area contributed by atoms with Gasteiger partial charge < -0.3 is 15.5 Å². The van der Waals surface area contributed by atoms with Crippen LogP contribution in [-0.2, 0) is 0 Å². The summed E-state index contributed by atoms with van der Waals surface area (Å²) in [5, 5.41) is 7.46. The molecule has 2 rings (SSSR count). The van der Waals surface area contributed by atoms with Gasteiger partial charge in [-0.05, 0) is 39.1 Å². The molecule has 18 heavy (non-hydrogen) atoms. The molecule has 0 bridgehead atoms. The number of nitrogens with two attached hydrogens (primary N) is 1. The number of amidine groups is 1. The maximum absolute atomic E-state index is 7.46. The largest absolute Gasteiger partial charge is 0.382 e. The highest BCUT2D eigenvalue weighted by molar-refractivity contribution is 5.93. The van der Waals surface area contributed by atoms with E-state index in [4.69, 9.17) is 11.1 Å². The summed E-state index contributed by atoms with van der Waals surface area (Å²) >= 11 is 0. The smallest absolute Gasteiger partial charge is 0.141 e. The number of aromatic nitrogens is 1. The Morgan fingerprint density at radius 2 is 2.22 bits per heavy atom. The van der Waals surface area contributed by atoms with Gasteiger partial charge in [-0.15, -0.1) is 0 Å². The molecule has 1 fully saturated rings. The Morgan fingerprint density at radius 1 is 1.44 bits per heavy atom. The van der Waals surface area contributed by atoms with Crippen LogP contribution >= 0.6 is 0 Å². The third kappa shape index (κ3) is 2.79. The number of nitrogens with zero attached hydrogens (tertiary/aromatic N) is 3. The second-order valence-electron chi connectivity index (χ2n) is 4.95. The van der Waals surface area contributed by atoms with Crippen molar-refractivity contribution in [2.24, 2.45) is 5.73 Å². The average molecular weight is 247 g/mol. The number of anilines is 1. The monoisotopic (exact) mass is 247 g/mol. The number of likely N-dealkylation sites (N-methyl/N-ethyl adjacent to an activating group) is 1. The predicted molar refractivity (Wildman–Crippen MR) is 74.2 cm³/mol. The second-order valence-corrected chi connectivity index (χ2v) is 4.95. The summed E-state index contributed by atoms with van der Waals surface area (Å²) in [6, 6.07) is 6.11. The fourth-order valence-electron chi connectivity index (χ4n) is 2.45. The van der Waals surface area contributed by atoms with Crippen molar-refractivity contribution in [3.63, 3.8) is 0 Å². The first-order valence-corrected chi connectivity index (χ1v) is 6.34. The Hall–Kier alpha value is -1.62. The van der Waals surface area contributed by atoms with E-state index in [1.807, 2.05) is 12.1 Å². The van der Waals surface area contributed by atoms with Gasteiger partial charge in [-0.1, -0.05) is 6.07 Å². The number of hydrogen-bond donors (Lipinski definition) is 2. The molecule has 0 amide bonds. The van der Waals surface area contributed by atoms with Gasteiger partial charge in [-0.25, -0.2) is 4.98 Å². The molecule has 0 saturated carbocycles. The van der Waals surface area contributed by atoms with Crippen LogP contribution in [0, 0.1) is 5.41 Å². The van der Waals surface area contributed by atoms with Crippen LogP contribution in [0.2, 0.25) is 0 Å². The maximum Gasteiger partial charge on any atom is 0.141 e. The fraction of sp³-hybridized carbons (Fsp3) is 0.538. The van der Waals surface area contributed by atoms with Crippen LogP contribution in [0.15, 0.2) is 18.2 Å². The molecule has 2 heterocycles. The van der Waals surface area contributed by atoms with Crippen molar-refractivity contribution in [1.29, 1.82) is 5.41 Å². The molecular weight excluding hydrogens is 226 g/mol. The van der Waals surface area contributed by atoms with E-state index in [0.29, 0.717) is 11.7 Å². The number of nitrogen functional groups attached to an aromatic ring is 1. The van der Waals surface area contributed by atoms with Crippen LogP contribution in [0.5, 0.6) is 0 Å². The summed E-state index contributed by atoms with van der Waals surface area (Å²) in [6.07, 6.45) is 1.13. The van der Waals surface area contributed by atoms with E-state index in [1.165, 1.54) is 0 Å². The van der Waals surface area contributed by atoms with Gasteiger partial charge >= 0.3 is 0 Å². The van der Waals surface area contributed by atoms with Gasteiger partial charge in [0.15, 0.2) is 0 Å². The molecular formula is C13H21N5. The minimum atomic E-state index is 0.0245. The van der Waals surface area contributed by atoms with Gasteiger partial charge in [0, 0.05) is 19.1 Å². The van der Waals surface area contributed by atoms with Crippen LogP contribution in [0.1, 0.15) is 19.0 Å². The van der Waals surface area contributed by atoms with Gasteiger partial charge in [0.25, 0.3) is 0 Å². The van der Waals surface area contributed by atoms with E-state index in [-0.39, 0.29) is 5.84 Å². The third-order valence-electron chi connectivity index (χ3n) is 3.35. The van der Waals surface area contributed by atoms with E-state index in [1.54, 1.807) is 6.07 Å². The van der Waals surface area contributed by atoms with Crippen LogP contribution in [0.4, 0.5) is 5.82 Å². The first kappa shape index (κ1) is 12.8. The molecule has 1 aliphatic rings. The van der Waals surface area contributed by atoms with Gasteiger partial charge in [-0.3, -0.25) is 5.41 Å². The molecule has 5 nitrogen and oxygen atoms in total. The lowest BCUT2D eigenvalue weighted by atomic mass is 10.2. The van der Waals surface area contributed by atoms with E-state index in [9.17, 15) is 0 Å². The van der Waals surface area contributed by atoms with Crippen molar-refractivity contribution in [3.05, 3.63) is 23.9 Å². The Morgan fingerprint density at radius 3 is 2.94 bits per heavy atom. The highest BCUT2D eigenvalue weighted by Crippen LogP contribution is 2.18. The maximum atomic E-state index is 7.46. The zero-order valence-corrected chi connectivity index (χ0v) is 11.1. The highest BCUT2D eigenvalue weighted by Gasteiger charge is 2.20. The number of nitrogens with one attached hydrogen (secondary N) is 1. The summed E-state index contributed by atoms with van der Waals surface area (Å²) in [5.74, 6) is 0.946. The van der Waals surface area contributed by atoms with E-state index in [0.717, 1.165) is 31.9 Å². The lowest BCUT2D eigenvalue weighted by Gasteiger charge is -2.29. The first-order chi connectivity index (χ1) is 8.58. The van der Waals surface area contributed by atoms with Crippen molar-refractivity contribution in [1.82, 2.24) is 9.88 Å². The van der Waals surface area contributed by atoms with Gasteiger partial charge in [0.1, 0.15) is 17.3 Å². The van der Waals surface area contributed by atoms with Crippen LogP contribution in [0.25, 0.3) is 0 Å². The molecule has 0 aliphatic carbocycles. The molecule has 1 aliphatic heterocycles. The molecule has 0 aromatic carbocycles. The summed E-state index contributed by atoms with van der Waals surface area (Å²) in [5.41, 5.74) is 6.05. The quantitative estimate of drug-likeness (QED) is 0.601. The number of rotatable bonds is 2. The third-order valence-corrected chi connectivity index (χ3v) is 3.35. The molecule has 5 heteroatoms. The molecule has 1 atom stereocenters. The molecule has 3 N–H and O–H groups in total. The average Bonchev–Trinajstić information content (AvgIpc) is 2.50. The zero-order chi connectivity index (χ0) is 13.1.